The summed E-state index contributed by atoms with van der Waals surface area (Å²) in [6, 6.07) is 19.7. The molecule has 0 aliphatic heterocycles. The highest BCUT2D eigenvalue weighted by molar-refractivity contribution is 6.04. The summed E-state index contributed by atoms with van der Waals surface area (Å²) in [5.41, 5.74) is 8.40. The van der Waals surface area contributed by atoms with Crippen molar-refractivity contribution in [3.8, 4) is 11.3 Å². The van der Waals surface area contributed by atoms with Crippen LogP contribution in [0.1, 0.15) is 20.7 Å². The highest BCUT2D eigenvalue weighted by Gasteiger charge is 2.08. The Morgan fingerprint density at radius 2 is 1.50 bits per heavy atom. The molecule has 0 saturated heterocycles. The minimum atomic E-state index is -0.506. The molecule has 3 aromatic rings. The van der Waals surface area contributed by atoms with Gasteiger partial charge in [0.1, 0.15) is 0 Å². The zero-order valence-corrected chi connectivity index (χ0v) is 12.8. The summed E-state index contributed by atoms with van der Waals surface area (Å²) in [7, 11) is 0. The highest BCUT2D eigenvalue weighted by Crippen LogP contribution is 2.17. The molecule has 3 N–H and O–H groups in total. The van der Waals surface area contributed by atoms with E-state index in [9.17, 15) is 9.59 Å². The fourth-order valence-electron chi connectivity index (χ4n) is 2.23. The lowest BCUT2D eigenvalue weighted by atomic mass is 10.1. The van der Waals surface area contributed by atoms with E-state index in [2.05, 4.69) is 10.3 Å². The molecular weight excluding hydrogens is 302 g/mol. The molecule has 1 heterocycles. The smallest absolute Gasteiger partial charge is 0.257 e. The van der Waals surface area contributed by atoms with Gasteiger partial charge in [-0.1, -0.05) is 30.3 Å². The summed E-state index contributed by atoms with van der Waals surface area (Å²) >= 11 is 0. The van der Waals surface area contributed by atoms with Crippen molar-refractivity contribution < 1.29 is 9.59 Å². The summed E-state index contributed by atoms with van der Waals surface area (Å²) in [4.78, 5) is 27.6. The summed E-state index contributed by atoms with van der Waals surface area (Å²) < 4.78 is 0. The van der Waals surface area contributed by atoms with Crippen molar-refractivity contribution in [2.75, 3.05) is 5.32 Å². The molecule has 0 radical (unpaired) electrons. The summed E-state index contributed by atoms with van der Waals surface area (Å²) in [6.07, 6.45) is 1.54. The van der Waals surface area contributed by atoms with Crippen molar-refractivity contribution in [2.45, 2.75) is 0 Å². The van der Waals surface area contributed by atoms with Gasteiger partial charge in [-0.25, -0.2) is 0 Å². The molecule has 5 heteroatoms. The van der Waals surface area contributed by atoms with Crippen molar-refractivity contribution in [1.82, 2.24) is 4.98 Å². The highest BCUT2D eigenvalue weighted by atomic mass is 16.2. The second kappa shape index (κ2) is 6.75. The Morgan fingerprint density at radius 1 is 0.833 bits per heavy atom. The number of primary amides is 1. The molecule has 0 aliphatic carbocycles. The molecule has 2 amide bonds. The van der Waals surface area contributed by atoms with Gasteiger partial charge in [0, 0.05) is 23.0 Å². The topological polar surface area (TPSA) is 85.1 Å². The molecule has 24 heavy (non-hydrogen) atoms. The van der Waals surface area contributed by atoms with Gasteiger partial charge in [0.2, 0.25) is 5.91 Å². The van der Waals surface area contributed by atoms with Crippen molar-refractivity contribution >= 4 is 17.5 Å². The number of pyridine rings is 1. The first-order chi connectivity index (χ1) is 11.6. The van der Waals surface area contributed by atoms with Gasteiger partial charge in [0.25, 0.3) is 5.91 Å². The Balaban J connectivity index is 1.72. The minimum Gasteiger partial charge on any atom is -0.366 e. The lowest BCUT2D eigenvalue weighted by Gasteiger charge is -2.06. The lowest BCUT2D eigenvalue weighted by Crippen LogP contribution is -2.13. The maximum atomic E-state index is 12.2. The Labute approximate surface area is 139 Å². The second-order valence-electron chi connectivity index (χ2n) is 5.19. The van der Waals surface area contributed by atoms with Crippen LogP contribution in [0.4, 0.5) is 5.69 Å². The normalized spacial score (nSPS) is 10.2. The predicted octanol–water partition coefficient (Wildman–Crippen LogP) is 3.10. The van der Waals surface area contributed by atoms with E-state index in [1.165, 1.54) is 6.20 Å². The number of aromatic nitrogens is 1. The third kappa shape index (κ3) is 3.47. The molecule has 0 fully saturated rings. The van der Waals surface area contributed by atoms with E-state index >= 15 is 0 Å². The number of nitrogens with one attached hydrogen (secondary N) is 1. The van der Waals surface area contributed by atoms with Crippen molar-refractivity contribution in [2.24, 2.45) is 5.73 Å². The average molecular weight is 317 g/mol. The first-order valence-corrected chi connectivity index (χ1v) is 7.36. The Bertz CT molecular complexity index is 857. The number of benzene rings is 2. The van der Waals surface area contributed by atoms with E-state index in [1.54, 1.807) is 36.4 Å². The molecule has 0 aliphatic rings. The van der Waals surface area contributed by atoms with Crippen LogP contribution in [-0.4, -0.2) is 16.8 Å². The molecule has 118 valence electrons. The van der Waals surface area contributed by atoms with Crippen LogP contribution in [0.2, 0.25) is 0 Å². The zero-order valence-electron chi connectivity index (χ0n) is 12.8. The lowest BCUT2D eigenvalue weighted by molar-refractivity contribution is 0.0998. The zero-order chi connectivity index (χ0) is 16.9. The van der Waals surface area contributed by atoms with Gasteiger partial charge in [-0.15, -0.1) is 0 Å². The van der Waals surface area contributed by atoms with Gasteiger partial charge in [-0.3, -0.25) is 14.6 Å². The van der Waals surface area contributed by atoms with Crippen molar-refractivity contribution in [3.63, 3.8) is 0 Å². The number of hydrogen-bond acceptors (Lipinski definition) is 3. The molecule has 1 aromatic heterocycles. The molecular formula is C19H15N3O2. The van der Waals surface area contributed by atoms with E-state index in [0.29, 0.717) is 16.8 Å². The van der Waals surface area contributed by atoms with Crippen molar-refractivity contribution in [3.05, 3.63) is 84.1 Å². The van der Waals surface area contributed by atoms with Crippen LogP contribution in [0.3, 0.4) is 0 Å². The Hall–Kier alpha value is -3.47. The van der Waals surface area contributed by atoms with Crippen LogP contribution in [-0.2, 0) is 0 Å². The summed E-state index contributed by atoms with van der Waals surface area (Å²) in [5, 5.41) is 2.75. The van der Waals surface area contributed by atoms with Crippen LogP contribution in [0.15, 0.2) is 72.9 Å². The monoisotopic (exact) mass is 317 g/mol. The number of carbonyl (C=O) groups excluding carboxylic acids is 2. The number of rotatable bonds is 4. The van der Waals surface area contributed by atoms with Crippen LogP contribution in [0.25, 0.3) is 11.3 Å². The largest absolute Gasteiger partial charge is 0.366 e. The fourth-order valence-corrected chi connectivity index (χ4v) is 2.23. The average Bonchev–Trinajstić information content (AvgIpc) is 2.63. The summed E-state index contributed by atoms with van der Waals surface area (Å²) in [5.74, 6) is -0.775. The third-order valence-electron chi connectivity index (χ3n) is 3.52. The number of amides is 2. The number of nitrogens with zero attached hydrogens (tertiary/aromatic N) is 1. The first kappa shape index (κ1) is 15.4. The van der Waals surface area contributed by atoms with Gasteiger partial charge >= 0.3 is 0 Å². The fraction of sp³-hybridized carbons (Fsp3) is 0. The van der Waals surface area contributed by atoms with E-state index in [4.69, 9.17) is 5.73 Å². The van der Waals surface area contributed by atoms with Gasteiger partial charge in [0.15, 0.2) is 0 Å². The Kier molecular flexibility index (Phi) is 4.34. The number of hydrogen-bond donors (Lipinski definition) is 2. The predicted molar refractivity (Wildman–Crippen MR) is 92.6 cm³/mol. The maximum absolute atomic E-state index is 12.2. The van der Waals surface area contributed by atoms with Gasteiger partial charge in [-0.2, -0.15) is 0 Å². The third-order valence-corrected chi connectivity index (χ3v) is 3.52. The van der Waals surface area contributed by atoms with Crippen LogP contribution in [0.5, 0.6) is 0 Å². The number of carbonyl (C=O) groups is 2. The number of anilines is 1. The molecule has 0 saturated carbocycles. The van der Waals surface area contributed by atoms with Crippen LogP contribution < -0.4 is 11.1 Å². The minimum absolute atomic E-state index is 0.270. The molecule has 2 aromatic carbocycles. The number of nitrogens with two attached hydrogens (primary N) is 1. The quantitative estimate of drug-likeness (QED) is 0.775. The Morgan fingerprint density at radius 3 is 2.08 bits per heavy atom. The van der Waals surface area contributed by atoms with E-state index in [0.717, 1.165) is 11.3 Å². The molecule has 0 spiro atoms. The van der Waals surface area contributed by atoms with E-state index < -0.39 is 5.91 Å². The standard InChI is InChI=1S/C19H15N3O2/c20-18(23)14-6-9-16(10-7-14)22-19(24)15-8-11-17(21-12-15)13-4-2-1-3-5-13/h1-12H,(H2,20,23)(H,22,24). The molecule has 0 atom stereocenters. The SMILES string of the molecule is NC(=O)c1ccc(NC(=O)c2ccc(-c3ccccc3)nc2)cc1. The molecule has 5 nitrogen and oxygen atoms in total. The second-order valence-corrected chi connectivity index (χ2v) is 5.19. The van der Waals surface area contributed by atoms with Crippen LogP contribution >= 0.6 is 0 Å². The van der Waals surface area contributed by atoms with Gasteiger partial charge < -0.3 is 11.1 Å². The molecule has 0 unspecified atom stereocenters. The van der Waals surface area contributed by atoms with Gasteiger partial charge in [-0.05, 0) is 36.4 Å². The first-order valence-electron chi connectivity index (χ1n) is 7.36. The van der Waals surface area contributed by atoms with Crippen molar-refractivity contribution in [1.29, 1.82) is 0 Å². The van der Waals surface area contributed by atoms with E-state index in [1.807, 2.05) is 30.3 Å². The molecule has 3 rings (SSSR count). The van der Waals surface area contributed by atoms with Crippen LogP contribution in [0, 0.1) is 0 Å². The molecule has 0 bridgehead atoms. The van der Waals surface area contributed by atoms with E-state index in [-0.39, 0.29) is 5.91 Å². The maximum Gasteiger partial charge on any atom is 0.257 e. The van der Waals surface area contributed by atoms with Gasteiger partial charge in [0.05, 0.1) is 11.3 Å². The summed E-state index contributed by atoms with van der Waals surface area (Å²) in [6.45, 7) is 0.